The van der Waals surface area contributed by atoms with E-state index in [1.807, 2.05) is 18.5 Å². The zero-order chi connectivity index (χ0) is 41.9. The first kappa shape index (κ1) is 43.7. The van der Waals surface area contributed by atoms with Crippen LogP contribution >= 0.6 is 0 Å². The van der Waals surface area contributed by atoms with E-state index in [-0.39, 0.29) is 54.9 Å². The van der Waals surface area contributed by atoms with Gasteiger partial charge in [0.1, 0.15) is 5.75 Å². The second kappa shape index (κ2) is 16.3. The minimum atomic E-state index is -0.264. The summed E-state index contributed by atoms with van der Waals surface area (Å²) in [6.45, 7) is 28.9. The van der Waals surface area contributed by atoms with Gasteiger partial charge in [0.05, 0.1) is 28.7 Å². The van der Waals surface area contributed by atoms with Crippen LogP contribution in [0, 0.1) is 6.07 Å². The number of aromatic nitrogens is 4. The van der Waals surface area contributed by atoms with Crippen molar-refractivity contribution in [2.45, 2.75) is 118 Å². The molecule has 3 aromatic heterocycles. The number of nitrogens with zero attached hydrogens (tertiary/aromatic N) is 4. The number of phenols is 1. The molecular weight excluding hydrogens is 904 g/mol. The number of hydrogen-bond donors (Lipinski definition) is 1. The van der Waals surface area contributed by atoms with Gasteiger partial charge in [0.2, 0.25) is 0 Å². The van der Waals surface area contributed by atoms with Crippen molar-refractivity contribution in [3.05, 3.63) is 137 Å². The monoisotopic (exact) mass is 962 g/mol. The van der Waals surface area contributed by atoms with E-state index in [2.05, 4.69) is 191 Å². The molecule has 0 aliphatic heterocycles. The molecule has 1 N–H and O–H groups in total. The van der Waals surface area contributed by atoms with Crippen LogP contribution < -0.4 is 0 Å². The number of pyridine rings is 2. The van der Waals surface area contributed by atoms with Crippen LogP contribution in [0.25, 0.3) is 61.8 Å². The van der Waals surface area contributed by atoms with Gasteiger partial charge in [-0.3, -0.25) is 15.0 Å². The maximum atomic E-state index is 12.0. The predicted molar refractivity (Wildman–Crippen MR) is 243 cm³/mol. The molecule has 3 heterocycles. The Morgan fingerprint density at radius 3 is 1.80 bits per heavy atom. The summed E-state index contributed by atoms with van der Waals surface area (Å²) < 4.78 is 2.31. The zero-order valence-corrected chi connectivity index (χ0v) is 39.3. The molecule has 0 spiro atoms. The number of fused-ring (bicyclic) bond motifs is 1. The molecule has 4 aromatic carbocycles. The molecule has 5 nitrogen and oxygen atoms in total. The molecule has 59 heavy (non-hydrogen) atoms. The molecule has 0 saturated heterocycles. The number of aromatic hydroxyl groups is 1. The molecule has 0 atom stereocenters. The van der Waals surface area contributed by atoms with Gasteiger partial charge < -0.3 is 9.67 Å². The van der Waals surface area contributed by atoms with Gasteiger partial charge in [0.25, 0.3) is 0 Å². The van der Waals surface area contributed by atoms with Gasteiger partial charge in [0.15, 0.2) is 0 Å². The molecule has 0 unspecified atom stereocenters. The van der Waals surface area contributed by atoms with Crippen molar-refractivity contribution in [2.75, 3.05) is 0 Å². The van der Waals surface area contributed by atoms with Crippen LogP contribution in [0.4, 0.5) is 0 Å². The number of phenolic OH excluding ortho intramolecular Hbond substituents is 1. The van der Waals surface area contributed by atoms with Gasteiger partial charge in [-0.25, -0.2) is 0 Å². The molecule has 0 amide bonds. The Morgan fingerprint density at radius 2 is 1.20 bits per heavy atom. The molecule has 0 bridgehead atoms. The first-order valence-corrected chi connectivity index (χ1v) is 20.7. The van der Waals surface area contributed by atoms with Gasteiger partial charge in [-0.2, -0.15) is 0 Å². The third kappa shape index (κ3) is 8.73. The Morgan fingerprint density at radius 1 is 0.610 bits per heavy atom. The molecule has 7 rings (SSSR count). The molecule has 0 saturated carbocycles. The fraction of sp³-hybridized carbons (Fsp3) is 0.340. The molecule has 0 fully saturated rings. The summed E-state index contributed by atoms with van der Waals surface area (Å²) >= 11 is 0. The average Bonchev–Trinajstić information content (AvgIpc) is 3.56. The summed E-state index contributed by atoms with van der Waals surface area (Å²) in [7, 11) is 0. The van der Waals surface area contributed by atoms with E-state index in [1.54, 1.807) is 0 Å². The first-order chi connectivity index (χ1) is 27.2. The fourth-order valence-electron chi connectivity index (χ4n) is 7.77. The number of imidazole rings is 1. The summed E-state index contributed by atoms with van der Waals surface area (Å²) in [5.74, 6) is 1.57. The number of benzene rings is 4. The normalized spacial score (nSPS) is 12.4. The van der Waals surface area contributed by atoms with Crippen molar-refractivity contribution in [3.8, 4) is 56.5 Å². The van der Waals surface area contributed by atoms with Crippen LogP contribution in [0.2, 0.25) is 0 Å². The third-order valence-corrected chi connectivity index (χ3v) is 11.3. The van der Waals surface area contributed by atoms with E-state index >= 15 is 0 Å². The summed E-state index contributed by atoms with van der Waals surface area (Å²) in [6, 6.07) is 36.0. The smallest absolute Gasteiger partial charge is 0.128 e. The second-order valence-corrected chi connectivity index (χ2v) is 19.6. The Labute approximate surface area is 366 Å². The number of rotatable bonds is 7. The Hall–Kier alpha value is -4.86. The van der Waals surface area contributed by atoms with E-state index in [9.17, 15) is 5.11 Å². The third-order valence-electron chi connectivity index (χ3n) is 11.3. The zero-order valence-electron chi connectivity index (χ0n) is 37.0. The van der Waals surface area contributed by atoms with E-state index in [0.29, 0.717) is 0 Å². The topological polar surface area (TPSA) is 63.8 Å². The molecule has 0 aliphatic rings. The summed E-state index contributed by atoms with van der Waals surface area (Å²) in [4.78, 5) is 15.3. The molecule has 7 aromatic rings. The van der Waals surface area contributed by atoms with Crippen LogP contribution in [0.1, 0.15) is 130 Å². The van der Waals surface area contributed by atoms with Crippen molar-refractivity contribution >= 4 is 11.0 Å². The van der Waals surface area contributed by atoms with E-state index in [0.717, 1.165) is 67.3 Å². The van der Waals surface area contributed by atoms with Crippen LogP contribution in [-0.4, -0.2) is 24.6 Å². The van der Waals surface area contributed by atoms with Crippen LogP contribution in [0.15, 0.2) is 103 Å². The second-order valence-electron chi connectivity index (χ2n) is 19.6. The largest absolute Gasteiger partial charge is 0.507 e. The maximum absolute atomic E-state index is 12.0. The van der Waals surface area contributed by atoms with Crippen LogP contribution in [0.3, 0.4) is 0 Å². The standard InChI is InChI=1S/C53H59N4O.Pt/c1-32(2)40-25-37(34-18-15-14-16-19-34)26-41(33(3)4)48(40)57-47-31-54-23-22-44(47)56-50(57)36-21-17-20-35(24-36)45-29-39(52(8,9)10)30-46(55-45)42-27-38(51(5,6)7)28-43(49(42)58)53(11,12)13;/h14-23,25-33,58H,1-13H3;/q-1;. The van der Waals surface area contributed by atoms with Crippen molar-refractivity contribution < 1.29 is 26.2 Å². The maximum Gasteiger partial charge on any atom is 0.128 e. The van der Waals surface area contributed by atoms with Gasteiger partial charge in [-0.15, -0.1) is 24.3 Å². The summed E-state index contributed by atoms with van der Waals surface area (Å²) in [5, 5.41) is 12.0. The van der Waals surface area contributed by atoms with Crippen molar-refractivity contribution in [1.82, 2.24) is 19.5 Å². The molecule has 308 valence electrons. The minimum Gasteiger partial charge on any atom is -0.507 e. The molecular formula is C53H59N4OPt-. The van der Waals surface area contributed by atoms with Gasteiger partial charge >= 0.3 is 0 Å². The van der Waals surface area contributed by atoms with Crippen molar-refractivity contribution in [3.63, 3.8) is 0 Å². The van der Waals surface area contributed by atoms with E-state index in [1.165, 1.54) is 22.3 Å². The fourth-order valence-corrected chi connectivity index (χ4v) is 7.77. The SMILES string of the molecule is CC(C)c1cc(-c2ccccc2)cc(C(C)C)c1-n1c(-c2[c-]c(-c3cc(C(C)(C)C)cc(-c4cc(C(C)(C)C)cc(C(C)(C)C)c4O)n3)ccc2)nc2ccncc21.[Pt]. The molecule has 6 heteroatoms. The van der Waals surface area contributed by atoms with Crippen LogP contribution in [0.5, 0.6) is 5.75 Å². The van der Waals surface area contributed by atoms with Crippen molar-refractivity contribution in [2.24, 2.45) is 0 Å². The summed E-state index contributed by atoms with van der Waals surface area (Å²) in [6.07, 6.45) is 3.74. The van der Waals surface area contributed by atoms with E-state index in [4.69, 9.17) is 9.97 Å². The average molecular weight is 963 g/mol. The van der Waals surface area contributed by atoms with Crippen LogP contribution in [-0.2, 0) is 37.3 Å². The molecule has 0 radical (unpaired) electrons. The predicted octanol–water partition coefficient (Wildman–Crippen LogP) is 14.1. The minimum absolute atomic E-state index is 0. The van der Waals surface area contributed by atoms with Gasteiger partial charge in [0, 0.05) is 49.8 Å². The van der Waals surface area contributed by atoms with E-state index < -0.39 is 0 Å². The van der Waals surface area contributed by atoms with Gasteiger partial charge in [-0.1, -0.05) is 144 Å². The Balaban J connectivity index is 0.00000585. The molecule has 0 aliphatic carbocycles. The Kier molecular flexibility index (Phi) is 12.1. The first-order valence-electron chi connectivity index (χ1n) is 20.7. The quantitative estimate of drug-likeness (QED) is 0.162. The van der Waals surface area contributed by atoms with Gasteiger partial charge in [-0.05, 0) is 91.8 Å². The van der Waals surface area contributed by atoms with Crippen molar-refractivity contribution in [1.29, 1.82) is 0 Å². The summed E-state index contributed by atoms with van der Waals surface area (Å²) in [5.41, 5.74) is 14.5. The Bertz CT molecular complexity index is 2600. The number of hydrogen-bond acceptors (Lipinski definition) is 4.